The highest BCUT2D eigenvalue weighted by Crippen LogP contribution is 2.46. The third kappa shape index (κ3) is 10.5. The largest absolute Gasteiger partial charge is 0.552 e. The van der Waals surface area contributed by atoms with Crippen molar-refractivity contribution in [2.75, 3.05) is 0 Å². The van der Waals surface area contributed by atoms with E-state index < -0.39 is 0 Å². The van der Waals surface area contributed by atoms with Gasteiger partial charge in [-0.15, -0.1) is 0 Å². The molecule has 0 radical (unpaired) electrons. The number of aryl methyl sites for hydroxylation is 1. The van der Waals surface area contributed by atoms with Gasteiger partial charge in [-0.3, -0.25) is 0 Å². The molecule has 0 amide bonds. The number of phenolic OH excluding ortho intramolecular Hbond substituents is 1. The Morgan fingerprint density at radius 1 is 0.590 bits per heavy atom. The Balaban J connectivity index is 1.44. The third-order valence-corrected chi connectivity index (χ3v) is 8.39. The van der Waals surface area contributed by atoms with Gasteiger partial charge < -0.3 is 9.53 Å². The predicted octanol–water partition coefficient (Wildman–Crippen LogP) is 10.2. The topological polar surface area (TPSA) is 29.5 Å². The Morgan fingerprint density at radius 3 is 1.49 bits per heavy atom. The van der Waals surface area contributed by atoms with E-state index in [2.05, 4.69) is 37.3 Å². The first-order valence-electron chi connectivity index (χ1n) is 15.8. The fourth-order valence-corrected chi connectivity index (χ4v) is 6.17. The molecule has 39 heavy (non-hydrogen) atoms. The molecular weight excluding hydrogens is 492 g/mol. The number of phenols is 1. The van der Waals surface area contributed by atoms with Crippen molar-refractivity contribution in [3.8, 4) is 33.8 Å². The Kier molecular flexibility index (Phi) is 14.9. The molecule has 212 valence electrons. The summed E-state index contributed by atoms with van der Waals surface area (Å²) in [7, 11) is 0.591. The van der Waals surface area contributed by atoms with Crippen molar-refractivity contribution in [3.63, 3.8) is 0 Å². The van der Waals surface area contributed by atoms with Gasteiger partial charge in [-0.05, 0) is 35.6 Å². The summed E-state index contributed by atoms with van der Waals surface area (Å²) in [5.41, 5.74) is 4.99. The highest BCUT2D eigenvalue weighted by Gasteiger charge is 2.20. The lowest BCUT2D eigenvalue weighted by Crippen LogP contribution is -1.99. The Bertz CT molecular complexity index is 1050. The van der Waals surface area contributed by atoms with Crippen LogP contribution in [0, 0.1) is 0 Å². The fourth-order valence-electron chi connectivity index (χ4n) is 5.70. The molecule has 0 unspecified atom stereocenters. The van der Waals surface area contributed by atoms with Gasteiger partial charge >= 0.3 is 0 Å². The molecule has 0 aliphatic heterocycles. The van der Waals surface area contributed by atoms with Crippen LogP contribution in [0.2, 0.25) is 0 Å². The summed E-state index contributed by atoms with van der Waals surface area (Å²) in [5.74, 6) is 1.18. The van der Waals surface area contributed by atoms with E-state index in [1.165, 1.54) is 102 Å². The van der Waals surface area contributed by atoms with Crippen LogP contribution in [0.3, 0.4) is 0 Å². The lowest BCUT2D eigenvalue weighted by Gasteiger charge is -2.20. The van der Waals surface area contributed by atoms with Crippen molar-refractivity contribution in [1.29, 1.82) is 0 Å². The number of unbranched alkanes of at least 4 members (excludes halogenated alkanes) is 15. The minimum Gasteiger partial charge on any atom is -0.552 e. The average molecular weight is 545 g/mol. The second kappa shape index (κ2) is 18.7. The van der Waals surface area contributed by atoms with Crippen molar-refractivity contribution in [1.82, 2.24) is 0 Å². The molecule has 1 N–H and O–H groups in total. The predicted molar refractivity (Wildman–Crippen MR) is 173 cm³/mol. The van der Waals surface area contributed by atoms with Crippen LogP contribution in [-0.2, 0) is 6.42 Å². The standard InChI is InChI=1S/C36H52O2Si/c1-2-3-4-5-6-7-8-9-10-11-12-13-14-15-16-19-28-32-29-33(30-24-20-17-21-25-30)35(37)34(36(32)38-39)31-26-22-18-23-27-31/h17-18,20-27,29,37H,2-16,19,28H2,1,39H3. The van der Waals surface area contributed by atoms with Gasteiger partial charge in [0.2, 0.25) is 10.5 Å². The van der Waals surface area contributed by atoms with Crippen molar-refractivity contribution >= 4 is 10.5 Å². The van der Waals surface area contributed by atoms with E-state index in [0.717, 1.165) is 40.8 Å². The van der Waals surface area contributed by atoms with Crippen molar-refractivity contribution in [3.05, 3.63) is 72.3 Å². The van der Waals surface area contributed by atoms with Gasteiger partial charge in [0.05, 0.1) is 5.56 Å². The quantitative estimate of drug-likeness (QED) is 0.113. The normalized spacial score (nSPS) is 11.2. The Morgan fingerprint density at radius 2 is 1.03 bits per heavy atom. The monoisotopic (exact) mass is 544 g/mol. The number of hydrogen-bond acceptors (Lipinski definition) is 2. The first-order valence-corrected chi connectivity index (χ1v) is 16.6. The number of aromatic hydroxyl groups is 1. The van der Waals surface area contributed by atoms with E-state index >= 15 is 0 Å². The lowest BCUT2D eigenvalue weighted by molar-refractivity contribution is 0.475. The molecule has 3 aromatic rings. The number of rotatable bonds is 20. The SMILES string of the molecule is CCCCCCCCCCCCCCCCCCc1cc(-c2ccccc2)c(O)c(-c2ccccc2)c1O[SiH3]. The second-order valence-electron chi connectivity index (χ2n) is 11.1. The molecule has 0 aliphatic carbocycles. The summed E-state index contributed by atoms with van der Waals surface area (Å²) >= 11 is 0. The summed E-state index contributed by atoms with van der Waals surface area (Å²) in [6.07, 6.45) is 23.0. The van der Waals surface area contributed by atoms with Gasteiger partial charge in [0.1, 0.15) is 11.5 Å². The maximum Gasteiger partial charge on any atom is 0.204 e. The zero-order chi connectivity index (χ0) is 27.5. The molecular formula is C36H52O2Si. The van der Waals surface area contributed by atoms with E-state index in [4.69, 9.17) is 4.43 Å². The van der Waals surface area contributed by atoms with Crippen LogP contribution in [0.15, 0.2) is 66.7 Å². The summed E-state index contributed by atoms with van der Waals surface area (Å²) in [6.45, 7) is 2.29. The maximum absolute atomic E-state index is 11.4. The molecule has 0 spiro atoms. The second-order valence-corrected chi connectivity index (χ2v) is 11.5. The number of hydrogen-bond donors (Lipinski definition) is 1. The minimum absolute atomic E-state index is 0.314. The molecule has 0 saturated heterocycles. The summed E-state index contributed by atoms with van der Waals surface area (Å²) < 4.78 is 6.06. The zero-order valence-corrected chi connectivity index (χ0v) is 26.7. The summed E-state index contributed by atoms with van der Waals surface area (Å²) in [6, 6.07) is 22.6. The van der Waals surface area contributed by atoms with E-state index in [9.17, 15) is 5.11 Å². The molecule has 0 atom stereocenters. The van der Waals surface area contributed by atoms with Gasteiger partial charge in [-0.25, -0.2) is 0 Å². The molecule has 0 aromatic heterocycles. The van der Waals surface area contributed by atoms with Gasteiger partial charge in [-0.1, -0.05) is 164 Å². The van der Waals surface area contributed by atoms with Gasteiger partial charge in [-0.2, -0.15) is 0 Å². The van der Waals surface area contributed by atoms with Crippen LogP contribution in [0.25, 0.3) is 22.3 Å². The molecule has 2 nitrogen and oxygen atoms in total. The fraction of sp³-hybridized carbons (Fsp3) is 0.500. The molecule has 0 fully saturated rings. The van der Waals surface area contributed by atoms with Crippen LogP contribution in [0.1, 0.15) is 115 Å². The van der Waals surface area contributed by atoms with E-state index in [0.29, 0.717) is 16.2 Å². The average Bonchev–Trinajstić information content (AvgIpc) is 2.98. The molecule has 0 aliphatic rings. The Labute approximate surface area is 241 Å². The van der Waals surface area contributed by atoms with Crippen LogP contribution in [-0.4, -0.2) is 15.6 Å². The van der Waals surface area contributed by atoms with Gasteiger partial charge in [0, 0.05) is 5.56 Å². The smallest absolute Gasteiger partial charge is 0.204 e. The molecule has 0 saturated carbocycles. The van der Waals surface area contributed by atoms with E-state index in [-0.39, 0.29) is 0 Å². The molecule has 0 bridgehead atoms. The van der Waals surface area contributed by atoms with Crippen LogP contribution < -0.4 is 4.43 Å². The number of benzene rings is 3. The highest BCUT2D eigenvalue weighted by molar-refractivity contribution is 6.02. The molecule has 0 heterocycles. The van der Waals surface area contributed by atoms with Crippen molar-refractivity contribution in [2.45, 2.75) is 116 Å². The lowest BCUT2D eigenvalue weighted by atomic mass is 9.91. The van der Waals surface area contributed by atoms with E-state index in [1.807, 2.05) is 36.4 Å². The van der Waals surface area contributed by atoms with Crippen molar-refractivity contribution in [2.24, 2.45) is 0 Å². The van der Waals surface area contributed by atoms with Crippen LogP contribution >= 0.6 is 0 Å². The molecule has 3 heteroatoms. The highest BCUT2D eigenvalue weighted by atomic mass is 28.2. The first-order chi connectivity index (χ1) is 19.3. The van der Waals surface area contributed by atoms with Crippen molar-refractivity contribution < 1.29 is 9.53 Å². The third-order valence-electron chi connectivity index (χ3n) is 7.98. The molecule has 3 rings (SSSR count). The van der Waals surface area contributed by atoms with Crippen LogP contribution in [0.5, 0.6) is 11.5 Å². The summed E-state index contributed by atoms with van der Waals surface area (Å²) in [4.78, 5) is 0. The first kappa shape index (κ1) is 31.0. The van der Waals surface area contributed by atoms with Crippen LogP contribution in [0.4, 0.5) is 0 Å². The van der Waals surface area contributed by atoms with E-state index in [1.54, 1.807) is 0 Å². The maximum atomic E-state index is 11.4. The Hall–Kier alpha value is -2.52. The van der Waals surface area contributed by atoms with Gasteiger partial charge in [0.25, 0.3) is 0 Å². The minimum atomic E-state index is 0.314. The zero-order valence-electron chi connectivity index (χ0n) is 24.7. The van der Waals surface area contributed by atoms with Gasteiger partial charge in [0.15, 0.2) is 0 Å². The summed E-state index contributed by atoms with van der Waals surface area (Å²) in [5, 5.41) is 11.4. The molecule has 3 aromatic carbocycles.